The molecule has 2 aliphatic rings. The molecule has 20 heteroatoms. The number of amides is 2. The van der Waals surface area contributed by atoms with E-state index in [9.17, 15) is 32.5 Å². The number of hydrogen-bond acceptors (Lipinski definition) is 14. The van der Waals surface area contributed by atoms with Gasteiger partial charge in [-0.2, -0.15) is 23.4 Å². The summed E-state index contributed by atoms with van der Waals surface area (Å²) in [5, 5.41) is 24.9. The van der Waals surface area contributed by atoms with Crippen LogP contribution < -0.4 is 22.5 Å². The predicted octanol–water partition coefficient (Wildman–Crippen LogP) is -3.23. The maximum Gasteiger partial charge on any atom is 0.362 e. The van der Waals surface area contributed by atoms with Crippen molar-refractivity contribution in [1.29, 1.82) is 0 Å². The highest BCUT2D eigenvalue weighted by Crippen LogP contribution is 2.40. The van der Waals surface area contributed by atoms with Crippen molar-refractivity contribution in [1.82, 2.24) is 29.6 Å². The fraction of sp³-hybridized carbons (Fsp3) is 0.471. The molecule has 2 atom stereocenters. The molecular weight excluding hydrogens is 536 g/mol. The number of hydrogen-bond donors (Lipinski definition) is 6. The van der Waals surface area contributed by atoms with Crippen molar-refractivity contribution in [3.8, 4) is 0 Å². The summed E-state index contributed by atoms with van der Waals surface area (Å²) in [6, 6.07) is -2.81. The molecule has 4 rings (SSSR count). The molecule has 0 bridgehead atoms. The molecule has 2 amide bonds. The van der Waals surface area contributed by atoms with Gasteiger partial charge in [0.2, 0.25) is 5.60 Å². The van der Waals surface area contributed by atoms with Crippen LogP contribution in [0.4, 0.5) is 5.13 Å². The number of carboxylic acids is 1. The first-order valence-corrected chi connectivity index (χ1v) is 12.8. The molecule has 9 N–H and O–H groups in total. The minimum atomic E-state index is -5.00. The number of thiazole rings is 1. The Labute approximate surface area is 212 Å². The molecule has 2 aromatic rings. The first-order chi connectivity index (χ1) is 17.4. The van der Waals surface area contributed by atoms with Gasteiger partial charge in [0.15, 0.2) is 10.8 Å². The minimum Gasteiger partial charge on any atom is -0.478 e. The number of nitrogen functional groups attached to an aromatic ring is 1. The zero-order valence-electron chi connectivity index (χ0n) is 18.8. The van der Waals surface area contributed by atoms with E-state index in [-0.39, 0.29) is 47.6 Å². The standard InChI is InChI=1S/C17H22N10O8S2/c18-3-7-8(4-19)24-26(23-7)5-10-12(14(29)27(10)37(32,33)34)22-13(28)11(9-6-36-16(20)21-9)25-35-17(1-2-17)15(30)31/h6,10,12H,1-5,18-19H2,(H2,20,21)(H,22,28)(H,30,31)(H,32,33,34)/b25-11+/t10-,12+/m1/s1. The third-order valence-corrected chi connectivity index (χ3v) is 7.25. The van der Waals surface area contributed by atoms with Gasteiger partial charge in [-0.1, -0.05) is 5.16 Å². The number of nitrogens with one attached hydrogen (secondary N) is 1. The molecule has 0 radical (unpaired) electrons. The van der Waals surface area contributed by atoms with E-state index in [1.165, 1.54) is 5.38 Å². The van der Waals surface area contributed by atoms with Crippen molar-refractivity contribution in [3.63, 3.8) is 0 Å². The van der Waals surface area contributed by atoms with Crippen molar-refractivity contribution in [2.75, 3.05) is 5.73 Å². The largest absolute Gasteiger partial charge is 0.478 e. The van der Waals surface area contributed by atoms with Gasteiger partial charge in [0.25, 0.3) is 11.8 Å². The molecule has 1 saturated heterocycles. The van der Waals surface area contributed by atoms with E-state index in [0.29, 0.717) is 11.4 Å². The summed E-state index contributed by atoms with van der Waals surface area (Å²) in [5.74, 6) is -3.45. The second-order valence-electron chi connectivity index (χ2n) is 8.09. The first kappa shape index (κ1) is 26.3. The van der Waals surface area contributed by atoms with Crippen molar-refractivity contribution in [2.24, 2.45) is 16.6 Å². The molecule has 3 heterocycles. The average molecular weight is 559 g/mol. The lowest BCUT2D eigenvalue weighted by molar-refractivity contribution is -0.153. The number of oxime groups is 1. The first-order valence-electron chi connectivity index (χ1n) is 10.6. The van der Waals surface area contributed by atoms with Crippen LogP contribution in [0.2, 0.25) is 0 Å². The zero-order valence-corrected chi connectivity index (χ0v) is 20.5. The second-order valence-corrected chi connectivity index (χ2v) is 10.3. The van der Waals surface area contributed by atoms with Crippen molar-refractivity contribution < 1.29 is 37.3 Å². The van der Waals surface area contributed by atoms with E-state index in [2.05, 4.69) is 25.7 Å². The summed E-state index contributed by atoms with van der Waals surface area (Å²) < 4.78 is 33.3. The van der Waals surface area contributed by atoms with E-state index < -0.39 is 51.5 Å². The molecule has 1 aliphatic carbocycles. The van der Waals surface area contributed by atoms with Gasteiger partial charge < -0.3 is 32.5 Å². The third-order valence-electron chi connectivity index (χ3n) is 5.63. The van der Waals surface area contributed by atoms with Crippen LogP contribution in [0.25, 0.3) is 0 Å². The second kappa shape index (κ2) is 9.63. The van der Waals surface area contributed by atoms with Crippen LogP contribution in [0, 0.1) is 0 Å². The van der Waals surface area contributed by atoms with Crippen molar-refractivity contribution in [2.45, 2.75) is 50.2 Å². The Bertz CT molecular complexity index is 1360. The smallest absolute Gasteiger partial charge is 0.362 e. The van der Waals surface area contributed by atoms with Gasteiger partial charge >= 0.3 is 16.3 Å². The highest BCUT2D eigenvalue weighted by molar-refractivity contribution is 7.84. The van der Waals surface area contributed by atoms with Crippen LogP contribution in [0.3, 0.4) is 0 Å². The zero-order chi connectivity index (χ0) is 27.1. The SMILES string of the molecule is NCc1nn(C[C@@H]2[C@H](NC(=O)/C(=N/OC3(C(=O)O)CC3)c3csc(N)n3)C(=O)N2S(=O)(=O)O)nc1CN. The molecule has 1 aliphatic heterocycles. The van der Waals surface area contributed by atoms with Gasteiger partial charge in [-0.25, -0.2) is 14.1 Å². The summed E-state index contributed by atoms with van der Waals surface area (Å²) in [4.78, 5) is 47.2. The van der Waals surface area contributed by atoms with Gasteiger partial charge in [-0.15, -0.1) is 11.3 Å². The Morgan fingerprint density at radius 1 is 1.27 bits per heavy atom. The van der Waals surface area contributed by atoms with Crippen LogP contribution in [0.1, 0.15) is 29.9 Å². The fourth-order valence-electron chi connectivity index (χ4n) is 3.52. The number of rotatable bonds is 11. The maximum absolute atomic E-state index is 13.1. The van der Waals surface area contributed by atoms with Crippen molar-refractivity contribution in [3.05, 3.63) is 22.5 Å². The number of aromatic nitrogens is 4. The number of carbonyl (C=O) groups excluding carboxylic acids is 2. The van der Waals surface area contributed by atoms with E-state index >= 15 is 0 Å². The normalized spacial score (nSPS) is 20.9. The number of β-lactam (4-membered cyclic amide) rings is 1. The molecule has 200 valence electrons. The number of anilines is 1. The molecule has 37 heavy (non-hydrogen) atoms. The van der Waals surface area contributed by atoms with E-state index in [1.807, 2.05) is 0 Å². The molecule has 0 spiro atoms. The number of nitrogens with zero attached hydrogens (tertiary/aromatic N) is 6. The molecule has 0 aromatic carbocycles. The quantitative estimate of drug-likeness (QED) is 0.0684. The summed E-state index contributed by atoms with van der Waals surface area (Å²) in [7, 11) is -5.00. The van der Waals surface area contributed by atoms with Crippen LogP contribution in [-0.4, -0.2) is 83.5 Å². The molecule has 1 saturated carbocycles. The monoisotopic (exact) mass is 558 g/mol. The van der Waals surface area contributed by atoms with Crippen LogP contribution in [0.5, 0.6) is 0 Å². The summed E-state index contributed by atoms with van der Waals surface area (Å²) in [6.07, 6.45) is 0.331. The van der Waals surface area contributed by atoms with Gasteiger partial charge in [-0.3, -0.25) is 14.1 Å². The van der Waals surface area contributed by atoms with Crippen LogP contribution >= 0.6 is 11.3 Å². The Morgan fingerprint density at radius 3 is 2.35 bits per heavy atom. The Hall–Kier alpha value is -3.72. The number of aliphatic carboxylic acids is 1. The Morgan fingerprint density at radius 2 is 1.89 bits per heavy atom. The topological polar surface area (TPSA) is 284 Å². The summed E-state index contributed by atoms with van der Waals surface area (Å²) in [5.41, 5.74) is 15.4. The molecule has 2 aromatic heterocycles. The highest BCUT2D eigenvalue weighted by Gasteiger charge is 2.56. The number of nitrogens with two attached hydrogens (primary N) is 3. The highest BCUT2D eigenvalue weighted by atomic mass is 32.2. The summed E-state index contributed by atoms with van der Waals surface area (Å²) >= 11 is 0.965. The maximum atomic E-state index is 13.1. The van der Waals surface area contributed by atoms with E-state index in [0.717, 1.165) is 16.1 Å². The predicted molar refractivity (Wildman–Crippen MR) is 124 cm³/mol. The third kappa shape index (κ3) is 5.09. The van der Waals surface area contributed by atoms with Crippen LogP contribution in [0.15, 0.2) is 10.5 Å². The minimum absolute atomic E-state index is 0.00720. The lowest BCUT2D eigenvalue weighted by Crippen LogP contribution is -2.73. The number of carboxylic acid groups (broad SMARTS) is 1. The molecule has 2 fully saturated rings. The van der Waals surface area contributed by atoms with Gasteiger partial charge in [0, 0.05) is 31.3 Å². The molecule has 0 unspecified atom stereocenters. The van der Waals surface area contributed by atoms with Gasteiger partial charge in [0.05, 0.1) is 6.54 Å². The van der Waals surface area contributed by atoms with E-state index in [1.54, 1.807) is 0 Å². The lowest BCUT2D eigenvalue weighted by atomic mass is 9.98. The molecule has 18 nitrogen and oxygen atoms in total. The average Bonchev–Trinajstić information content (AvgIpc) is 3.34. The molecular formula is C17H22N10O8S2. The van der Waals surface area contributed by atoms with Gasteiger partial charge in [0.1, 0.15) is 29.2 Å². The number of carbonyl (C=O) groups is 3. The lowest BCUT2D eigenvalue weighted by Gasteiger charge is -2.43. The Kier molecular flexibility index (Phi) is 6.85. The Balaban J connectivity index is 1.60. The van der Waals surface area contributed by atoms with Crippen LogP contribution in [-0.2, 0) is 49.2 Å². The van der Waals surface area contributed by atoms with Gasteiger partial charge in [-0.05, 0) is 0 Å². The fourth-order valence-corrected chi connectivity index (χ4v) is 4.94. The van der Waals surface area contributed by atoms with E-state index in [4.69, 9.17) is 22.0 Å². The summed E-state index contributed by atoms with van der Waals surface area (Å²) in [6.45, 7) is -0.377. The van der Waals surface area contributed by atoms with Crippen molar-refractivity contribution >= 4 is 50.3 Å².